The van der Waals surface area contributed by atoms with Gasteiger partial charge in [0.2, 0.25) is 0 Å². The van der Waals surface area contributed by atoms with E-state index in [0.29, 0.717) is 0 Å². The van der Waals surface area contributed by atoms with Gasteiger partial charge in [-0.05, 0) is 29.8 Å². The van der Waals surface area contributed by atoms with Crippen molar-refractivity contribution in [3.63, 3.8) is 0 Å². The molecule has 1 aliphatic rings. The van der Waals surface area contributed by atoms with E-state index in [9.17, 15) is 4.79 Å². The number of hydrogen-bond acceptors (Lipinski definition) is 4. The molecule has 1 aromatic heterocycles. The number of aromatic nitrogens is 1. The fourth-order valence-electron chi connectivity index (χ4n) is 2.71. The Kier molecular flexibility index (Phi) is 4.79. The molecule has 1 aromatic carbocycles. The lowest BCUT2D eigenvalue weighted by molar-refractivity contribution is 0.0995. The highest BCUT2D eigenvalue weighted by Gasteiger charge is 2.19. The lowest BCUT2D eigenvalue weighted by Crippen LogP contribution is -2.46. The van der Waals surface area contributed by atoms with Crippen LogP contribution >= 0.6 is 11.6 Å². The average molecular weight is 330 g/mol. The van der Waals surface area contributed by atoms with Crippen LogP contribution in [-0.4, -0.2) is 42.0 Å². The Morgan fingerprint density at radius 2 is 2.04 bits per heavy atom. The number of carbonyl (C=O) groups excluding carboxylic acids is 1. The summed E-state index contributed by atoms with van der Waals surface area (Å²) in [6.07, 6.45) is 0. The van der Waals surface area contributed by atoms with Gasteiger partial charge in [0.1, 0.15) is 11.5 Å². The molecule has 2 N–H and O–H groups in total. The second kappa shape index (κ2) is 6.98. The monoisotopic (exact) mass is 329 g/mol. The number of nitrogens with zero attached hydrogens (tertiary/aromatic N) is 3. The molecule has 6 heteroatoms. The van der Waals surface area contributed by atoms with Crippen LogP contribution in [0.4, 0.5) is 5.82 Å². The lowest BCUT2D eigenvalue weighted by atomic mass is 10.2. The first-order chi connectivity index (χ1) is 11.1. The van der Waals surface area contributed by atoms with E-state index in [1.165, 1.54) is 5.56 Å². The molecule has 0 bridgehead atoms. The van der Waals surface area contributed by atoms with Gasteiger partial charge in [0.05, 0.1) is 0 Å². The molecule has 0 unspecified atom stereocenters. The van der Waals surface area contributed by atoms with Crippen LogP contribution in [0.15, 0.2) is 36.4 Å². The minimum Gasteiger partial charge on any atom is -0.364 e. The fraction of sp³-hybridized carbons (Fsp3) is 0.294. The quantitative estimate of drug-likeness (QED) is 0.931. The van der Waals surface area contributed by atoms with Crippen LogP contribution in [0.2, 0.25) is 5.02 Å². The van der Waals surface area contributed by atoms with Gasteiger partial charge in [0.15, 0.2) is 0 Å². The normalized spacial score (nSPS) is 15.6. The van der Waals surface area contributed by atoms with Crippen molar-refractivity contribution in [2.24, 2.45) is 5.73 Å². The van der Waals surface area contributed by atoms with Gasteiger partial charge in [0.25, 0.3) is 5.91 Å². The zero-order valence-electron chi connectivity index (χ0n) is 12.7. The van der Waals surface area contributed by atoms with E-state index in [1.807, 2.05) is 24.3 Å². The molecular formula is C17H18ClN4O. The number of rotatable bonds is 4. The first-order valence-corrected chi connectivity index (χ1v) is 7.90. The van der Waals surface area contributed by atoms with Gasteiger partial charge in [-0.1, -0.05) is 23.7 Å². The number of anilines is 1. The van der Waals surface area contributed by atoms with Crippen molar-refractivity contribution in [2.75, 3.05) is 31.1 Å². The van der Waals surface area contributed by atoms with E-state index in [2.05, 4.69) is 26.9 Å². The van der Waals surface area contributed by atoms with Crippen molar-refractivity contribution < 1.29 is 4.79 Å². The SMILES string of the molecule is NC(=O)c1[c]ccc(N2CCN(Cc3cccc(Cl)c3)CC2)n1. The van der Waals surface area contributed by atoms with Gasteiger partial charge in [-0.2, -0.15) is 0 Å². The molecule has 3 rings (SSSR count). The van der Waals surface area contributed by atoms with E-state index in [0.717, 1.165) is 43.6 Å². The first kappa shape index (κ1) is 15.8. The lowest BCUT2D eigenvalue weighted by Gasteiger charge is -2.35. The van der Waals surface area contributed by atoms with E-state index in [-0.39, 0.29) is 5.69 Å². The fourth-order valence-corrected chi connectivity index (χ4v) is 2.92. The highest BCUT2D eigenvalue weighted by Crippen LogP contribution is 2.17. The van der Waals surface area contributed by atoms with Gasteiger partial charge in [-0.15, -0.1) is 0 Å². The summed E-state index contributed by atoms with van der Waals surface area (Å²) in [6.45, 7) is 4.46. The number of primary amides is 1. The Hall–Kier alpha value is -2.11. The molecule has 1 saturated heterocycles. The second-order valence-corrected chi connectivity index (χ2v) is 5.99. The minimum absolute atomic E-state index is 0.184. The maximum absolute atomic E-state index is 11.2. The second-order valence-electron chi connectivity index (χ2n) is 5.55. The number of hydrogen-bond donors (Lipinski definition) is 1. The molecule has 0 saturated carbocycles. The van der Waals surface area contributed by atoms with Crippen molar-refractivity contribution in [3.05, 3.63) is 58.7 Å². The zero-order valence-corrected chi connectivity index (χ0v) is 13.5. The summed E-state index contributed by atoms with van der Waals surface area (Å²) in [6, 6.07) is 14.3. The van der Waals surface area contributed by atoms with Gasteiger partial charge >= 0.3 is 0 Å². The molecule has 1 radical (unpaired) electrons. The Bertz CT molecular complexity index is 698. The number of nitrogens with two attached hydrogens (primary N) is 1. The molecule has 2 heterocycles. The molecule has 1 aliphatic heterocycles. The third-order valence-corrected chi connectivity index (χ3v) is 4.14. The molecule has 119 valence electrons. The predicted molar refractivity (Wildman–Crippen MR) is 90.5 cm³/mol. The Labute approximate surface area is 140 Å². The van der Waals surface area contributed by atoms with Gasteiger partial charge in [-0.3, -0.25) is 9.69 Å². The maximum atomic E-state index is 11.2. The molecule has 2 aromatic rings. The zero-order chi connectivity index (χ0) is 16.2. The van der Waals surface area contributed by atoms with Crippen LogP contribution in [0.3, 0.4) is 0 Å². The number of carbonyl (C=O) groups is 1. The standard InChI is InChI=1S/C17H18ClN4O/c18-14-4-1-3-13(11-14)12-21-7-9-22(10-8-21)16-6-2-5-15(20-16)17(19)23/h1-4,6,11H,7-10,12H2,(H2,19,23). The summed E-state index contributed by atoms with van der Waals surface area (Å²) in [5.74, 6) is 0.228. The van der Waals surface area contributed by atoms with Crippen LogP contribution in [0.25, 0.3) is 0 Å². The van der Waals surface area contributed by atoms with Crippen molar-refractivity contribution in [1.29, 1.82) is 0 Å². The number of benzene rings is 1. The number of piperazine rings is 1. The van der Waals surface area contributed by atoms with E-state index < -0.39 is 5.91 Å². The molecule has 1 fully saturated rings. The maximum Gasteiger partial charge on any atom is 0.268 e. The molecule has 0 atom stereocenters. The third-order valence-electron chi connectivity index (χ3n) is 3.90. The van der Waals surface area contributed by atoms with Crippen molar-refractivity contribution >= 4 is 23.3 Å². The third kappa shape index (κ3) is 4.00. The highest BCUT2D eigenvalue weighted by atomic mass is 35.5. The summed E-state index contributed by atoms with van der Waals surface area (Å²) in [5, 5.41) is 0.768. The van der Waals surface area contributed by atoms with Crippen LogP contribution in [0, 0.1) is 6.07 Å². The van der Waals surface area contributed by atoms with Crippen LogP contribution in [0.5, 0.6) is 0 Å². The summed E-state index contributed by atoms with van der Waals surface area (Å²) < 4.78 is 0. The van der Waals surface area contributed by atoms with Crippen molar-refractivity contribution in [2.45, 2.75) is 6.54 Å². The minimum atomic E-state index is -0.550. The molecule has 1 amide bonds. The van der Waals surface area contributed by atoms with E-state index in [4.69, 9.17) is 17.3 Å². The summed E-state index contributed by atoms with van der Waals surface area (Å²) in [7, 11) is 0. The summed E-state index contributed by atoms with van der Waals surface area (Å²) in [4.78, 5) is 20.0. The average Bonchev–Trinajstić information content (AvgIpc) is 2.56. The Morgan fingerprint density at radius 3 is 2.74 bits per heavy atom. The van der Waals surface area contributed by atoms with Crippen molar-refractivity contribution in [1.82, 2.24) is 9.88 Å². The topological polar surface area (TPSA) is 62.5 Å². The van der Waals surface area contributed by atoms with E-state index in [1.54, 1.807) is 6.07 Å². The predicted octanol–water partition coefficient (Wildman–Crippen LogP) is 1.96. The van der Waals surface area contributed by atoms with Gasteiger partial charge in [-0.25, -0.2) is 4.98 Å². The van der Waals surface area contributed by atoms with Crippen LogP contribution in [0.1, 0.15) is 16.1 Å². The van der Waals surface area contributed by atoms with Crippen molar-refractivity contribution in [3.8, 4) is 0 Å². The first-order valence-electron chi connectivity index (χ1n) is 7.52. The van der Waals surface area contributed by atoms with Gasteiger partial charge < -0.3 is 10.6 Å². The van der Waals surface area contributed by atoms with Crippen LogP contribution in [-0.2, 0) is 6.54 Å². The number of halogens is 1. The largest absolute Gasteiger partial charge is 0.364 e. The molecule has 23 heavy (non-hydrogen) atoms. The molecule has 5 nitrogen and oxygen atoms in total. The molecule has 0 spiro atoms. The highest BCUT2D eigenvalue weighted by molar-refractivity contribution is 6.30. The summed E-state index contributed by atoms with van der Waals surface area (Å²) in [5.41, 5.74) is 6.66. The Balaban J connectivity index is 1.60. The summed E-state index contributed by atoms with van der Waals surface area (Å²) >= 11 is 6.03. The van der Waals surface area contributed by atoms with E-state index >= 15 is 0 Å². The van der Waals surface area contributed by atoms with Gasteiger partial charge in [0, 0.05) is 43.8 Å². The number of amides is 1. The molecule has 0 aliphatic carbocycles. The molecular weight excluding hydrogens is 312 g/mol. The van der Waals surface area contributed by atoms with Crippen LogP contribution < -0.4 is 10.6 Å². The number of pyridine rings is 1. The smallest absolute Gasteiger partial charge is 0.268 e. The Morgan fingerprint density at radius 1 is 1.26 bits per heavy atom.